The second-order valence-corrected chi connectivity index (χ2v) is 15.3. The predicted octanol–water partition coefficient (Wildman–Crippen LogP) is 3.87. The minimum atomic E-state index is -0.795. The first-order chi connectivity index (χ1) is 23.2. The summed E-state index contributed by atoms with van der Waals surface area (Å²) >= 11 is 7.95. The third-order valence-electron chi connectivity index (χ3n) is 11.4. The molecule has 6 heterocycles. The third kappa shape index (κ3) is 6.58. The number of piperazine rings is 1. The van der Waals surface area contributed by atoms with Crippen molar-refractivity contribution in [3.8, 4) is 12.3 Å². The van der Waals surface area contributed by atoms with Crippen LogP contribution in [0.5, 0.6) is 0 Å². The number of nitrogens with two attached hydrogens (primary N) is 1. The molecule has 2 bridgehead atoms. The summed E-state index contributed by atoms with van der Waals surface area (Å²) in [6.45, 7) is 4.47. The fourth-order valence-corrected chi connectivity index (χ4v) is 9.51. The summed E-state index contributed by atoms with van der Waals surface area (Å²) in [5.41, 5.74) is 8.74. The number of likely N-dealkylation sites (tertiary alicyclic amines) is 1. The van der Waals surface area contributed by atoms with Gasteiger partial charge in [0.1, 0.15) is 11.0 Å². The molecule has 0 spiro atoms. The Morgan fingerprint density at radius 1 is 1.04 bits per heavy atom. The first-order valence-corrected chi connectivity index (χ1v) is 18.4. The smallest absolute Gasteiger partial charge is 0.323 e. The van der Waals surface area contributed by atoms with Gasteiger partial charge in [-0.3, -0.25) is 15.0 Å². The van der Waals surface area contributed by atoms with Crippen LogP contribution in [-0.4, -0.2) is 119 Å². The monoisotopic (exact) mass is 692 g/mol. The molecule has 4 N–H and O–H groups in total. The number of carbonyl (C=O) groups is 3. The van der Waals surface area contributed by atoms with E-state index in [-0.39, 0.29) is 30.4 Å². The van der Waals surface area contributed by atoms with Gasteiger partial charge in [-0.2, -0.15) is 0 Å². The lowest BCUT2D eigenvalue weighted by Gasteiger charge is -2.45. The van der Waals surface area contributed by atoms with Crippen molar-refractivity contribution in [1.82, 2.24) is 29.8 Å². The highest BCUT2D eigenvalue weighted by molar-refractivity contribution is 7.14. The molecule has 4 saturated heterocycles. The number of fused-ring (bicyclic) bond motifs is 3. The van der Waals surface area contributed by atoms with Crippen molar-refractivity contribution in [1.29, 1.82) is 0 Å². The number of thiophene rings is 1. The van der Waals surface area contributed by atoms with E-state index >= 15 is 0 Å². The van der Waals surface area contributed by atoms with E-state index in [1.807, 2.05) is 21.2 Å². The van der Waals surface area contributed by atoms with Gasteiger partial charge in [-0.15, -0.1) is 17.8 Å². The number of benzene rings is 1. The number of halogens is 1. The Morgan fingerprint density at radius 3 is 2.44 bits per heavy atom. The molecule has 0 saturated carbocycles. The summed E-state index contributed by atoms with van der Waals surface area (Å²) in [6, 6.07) is 6.32. The lowest BCUT2D eigenvalue weighted by Crippen LogP contribution is -2.60. The predicted molar refractivity (Wildman–Crippen MR) is 189 cm³/mol. The summed E-state index contributed by atoms with van der Waals surface area (Å²) in [4.78, 5) is 51.3. The molecule has 11 nitrogen and oxygen atoms in total. The molecule has 7 rings (SSSR count). The topological polar surface area (TPSA) is 117 Å². The zero-order valence-corrected chi connectivity index (χ0v) is 29.1. The van der Waals surface area contributed by atoms with Gasteiger partial charge in [0.2, 0.25) is 5.91 Å². The molecular formula is C35H45ClN8O3S. The van der Waals surface area contributed by atoms with Crippen molar-refractivity contribution >= 4 is 51.6 Å². The van der Waals surface area contributed by atoms with Crippen LogP contribution in [0.1, 0.15) is 55.2 Å². The van der Waals surface area contributed by atoms with E-state index in [0.29, 0.717) is 80.0 Å². The largest absolute Gasteiger partial charge is 0.397 e. The van der Waals surface area contributed by atoms with Crippen LogP contribution >= 0.6 is 22.9 Å². The number of piperidine rings is 2. The van der Waals surface area contributed by atoms with E-state index < -0.39 is 6.04 Å². The molecule has 48 heavy (non-hydrogen) atoms. The quantitative estimate of drug-likeness (QED) is 0.313. The summed E-state index contributed by atoms with van der Waals surface area (Å²) in [7, 11) is 2.26. The standard InChI is InChI=1S/C35H45ClN8O3S/c1-3-23-16-22(17-29(36)31(23)37)18-30(33(45)42-13-11-41(12-14-42)28-19-26-4-5-27(20-28)40(26)2)38-34(46)43-9-6-25(7-10-43)44-21-24-8-15-48-32(24)39-35(44)47/h1,8,15-17,25-28,30H,4-7,9-14,18-21,37H2,2H3,(H,38,46)(H,39,47)/t26?,27?,28?,30-/m1/s1. The van der Waals surface area contributed by atoms with Gasteiger partial charge < -0.3 is 30.7 Å². The van der Waals surface area contributed by atoms with Gasteiger partial charge in [0, 0.05) is 81.0 Å². The molecule has 0 radical (unpaired) electrons. The molecule has 3 atom stereocenters. The summed E-state index contributed by atoms with van der Waals surface area (Å²) in [5.74, 6) is 2.48. The van der Waals surface area contributed by atoms with Crippen molar-refractivity contribution in [3.05, 3.63) is 45.3 Å². The Balaban J connectivity index is 1.00. The van der Waals surface area contributed by atoms with Gasteiger partial charge in [0.05, 0.1) is 17.3 Å². The number of amides is 5. The minimum Gasteiger partial charge on any atom is -0.397 e. The molecule has 0 aliphatic carbocycles. The lowest BCUT2D eigenvalue weighted by molar-refractivity contribution is -0.135. The molecule has 5 aliphatic rings. The van der Waals surface area contributed by atoms with Gasteiger partial charge >= 0.3 is 12.1 Å². The molecule has 13 heteroatoms. The third-order valence-corrected chi connectivity index (χ3v) is 12.5. The summed E-state index contributed by atoms with van der Waals surface area (Å²) in [6.07, 6.45) is 12.2. The number of nitrogen functional groups attached to an aromatic ring is 1. The zero-order chi connectivity index (χ0) is 33.5. The average Bonchev–Trinajstić information content (AvgIpc) is 3.62. The first-order valence-electron chi connectivity index (χ1n) is 17.2. The highest BCUT2D eigenvalue weighted by atomic mass is 35.5. The fourth-order valence-electron chi connectivity index (χ4n) is 8.47. The number of hydrogen-bond donors (Lipinski definition) is 3. The van der Waals surface area contributed by atoms with Gasteiger partial charge in [0.15, 0.2) is 0 Å². The molecule has 2 aromatic rings. The van der Waals surface area contributed by atoms with E-state index in [4.69, 9.17) is 23.8 Å². The fraction of sp³-hybridized carbons (Fsp3) is 0.571. The Kier molecular flexibility index (Phi) is 9.48. The van der Waals surface area contributed by atoms with E-state index in [0.717, 1.165) is 29.2 Å². The van der Waals surface area contributed by atoms with Crippen molar-refractivity contribution < 1.29 is 14.4 Å². The van der Waals surface area contributed by atoms with Crippen LogP contribution in [0.3, 0.4) is 0 Å². The molecule has 256 valence electrons. The maximum atomic E-state index is 14.2. The summed E-state index contributed by atoms with van der Waals surface area (Å²) in [5, 5.41) is 9.30. The Labute approximate surface area is 291 Å². The Morgan fingerprint density at radius 2 is 1.75 bits per heavy atom. The second kappa shape index (κ2) is 13.8. The van der Waals surface area contributed by atoms with Crippen LogP contribution in [0.15, 0.2) is 23.6 Å². The zero-order valence-electron chi connectivity index (χ0n) is 27.5. The van der Waals surface area contributed by atoms with Gasteiger partial charge in [-0.05, 0) is 74.7 Å². The van der Waals surface area contributed by atoms with E-state index in [1.165, 1.54) is 37.0 Å². The number of nitrogens with one attached hydrogen (secondary N) is 2. The highest BCUT2D eigenvalue weighted by Gasteiger charge is 2.42. The van der Waals surface area contributed by atoms with Gasteiger partial charge in [-0.25, -0.2) is 9.59 Å². The van der Waals surface area contributed by atoms with Crippen LogP contribution < -0.4 is 16.4 Å². The first kappa shape index (κ1) is 33.0. The Bertz CT molecular complexity index is 1580. The van der Waals surface area contributed by atoms with Crippen LogP contribution in [0.4, 0.5) is 20.3 Å². The number of terminal acetylenes is 1. The number of anilines is 2. The Hall–Kier alpha value is -3.50. The number of rotatable bonds is 6. The number of hydrogen-bond acceptors (Lipinski definition) is 7. The normalized spacial score (nSPS) is 25.7. The molecular weight excluding hydrogens is 648 g/mol. The maximum absolute atomic E-state index is 14.2. The summed E-state index contributed by atoms with van der Waals surface area (Å²) < 4.78 is 0. The molecule has 2 unspecified atom stereocenters. The lowest BCUT2D eigenvalue weighted by atomic mass is 9.95. The van der Waals surface area contributed by atoms with E-state index in [1.54, 1.807) is 17.0 Å². The molecule has 1 aromatic heterocycles. The van der Waals surface area contributed by atoms with Crippen LogP contribution in [-0.2, 0) is 17.8 Å². The van der Waals surface area contributed by atoms with Crippen molar-refractivity contribution in [2.24, 2.45) is 0 Å². The molecule has 4 fully saturated rings. The van der Waals surface area contributed by atoms with Gasteiger partial charge in [0.25, 0.3) is 0 Å². The SMILES string of the molecule is C#Cc1cc(C[C@@H](NC(=O)N2CCC(N3Cc4ccsc4NC3=O)CC2)C(=O)N2CCN(C3CC4CCC(C3)N4C)CC2)cc(Cl)c1N. The molecule has 5 amide bonds. The second-order valence-electron chi connectivity index (χ2n) is 14.0. The van der Waals surface area contributed by atoms with Crippen molar-refractivity contribution in [2.75, 3.05) is 57.4 Å². The van der Waals surface area contributed by atoms with Gasteiger partial charge in [-0.1, -0.05) is 17.5 Å². The van der Waals surface area contributed by atoms with Crippen molar-refractivity contribution in [2.45, 2.75) is 81.7 Å². The highest BCUT2D eigenvalue weighted by Crippen LogP contribution is 2.37. The maximum Gasteiger partial charge on any atom is 0.323 e. The van der Waals surface area contributed by atoms with E-state index in [2.05, 4.69) is 33.4 Å². The van der Waals surface area contributed by atoms with Crippen molar-refractivity contribution in [3.63, 3.8) is 0 Å². The van der Waals surface area contributed by atoms with E-state index in [9.17, 15) is 14.4 Å². The van der Waals surface area contributed by atoms with Crippen LogP contribution in [0.2, 0.25) is 5.02 Å². The van der Waals surface area contributed by atoms with Crippen LogP contribution in [0.25, 0.3) is 0 Å². The molecule has 5 aliphatic heterocycles. The average molecular weight is 693 g/mol. The number of urea groups is 2. The van der Waals surface area contributed by atoms with Crippen LogP contribution in [0, 0.1) is 12.3 Å². The number of carbonyl (C=O) groups excluding carboxylic acids is 3. The molecule has 1 aromatic carbocycles. The number of nitrogens with zero attached hydrogens (tertiary/aromatic N) is 5. The minimum absolute atomic E-state index is 0.0367.